The topological polar surface area (TPSA) is 71.1 Å². The molecule has 112 valence electrons. The number of hydrogen-bond donors (Lipinski definition) is 2. The van der Waals surface area contributed by atoms with Crippen molar-refractivity contribution in [2.75, 3.05) is 4.72 Å². The predicted molar refractivity (Wildman–Crippen MR) is 84.0 cm³/mol. The molecule has 0 spiro atoms. The molecule has 0 amide bonds. The van der Waals surface area contributed by atoms with Gasteiger partial charge < -0.3 is 5.32 Å². The Hall–Kier alpha value is -1.44. The van der Waals surface area contributed by atoms with E-state index < -0.39 is 10.0 Å². The Morgan fingerprint density at radius 3 is 2.86 bits per heavy atom. The van der Waals surface area contributed by atoms with Crippen LogP contribution in [-0.4, -0.2) is 19.4 Å². The number of benzene rings is 1. The number of anilines is 1. The third-order valence-electron chi connectivity index (χ3n) is 3.50. The second kappa shape index (κ2) is 5.75. The SMILES string of the molecule is Cc1c(CNC2CC2)cccc1S(=O)(=O)Nc1nccs1. The molecule has 2 aromatic rings. The highest BCUT2D eigenvalue weighted by atomic mass is 32.2. The first-order valence-corrected chi connectivity index (χ1v) is 9.17. The van der Waals surface area contributed by atoms with E-state index in [2.05, 4.69) is 15.0 Å². The van der Waals surface area contributed by atoms with Crippen LogP contribution in [-0.2, 0) is 16.6 Å². The van der Waals surface area contributed by atoms with E-state index in [9.17, 15) is 8.42 Å². The van der Waals surface area contributed by atoms with Crippen molar-refractivity contribution in [2.45, 2.75) is 37.2 Å². The fourth-order valence-corrected chi connectivity index (χ4v) is 4.21. The van der Waals surface area contributed by atoms with E-state index in [4.69, 9.17) is 0 Å². The van der Waals surface area contributed by atoms with Crippen molar-refractivity contribution in [1.29, 1.82) is 0 Å². The Morgan fingerprint density at radius 1 is 1.38 bits per heavy atom. The Bertz CT molecular complexity index is 723. The molecule has 0 radical (unpaired) electrons. The monoisotopic (exact) mass is 323 g/mol. The van der Waals surface area contributed by atoms with E-state index in [1.165, 1.54) is 24.2 Å². The zero-order valence-corrected chi connectivity index (χ0v) is 13.3. The lowest BCUT2D eigenvalue weighted by Gasteiger charge is -2.12. The fourth-order valence-electron chi connectivity index (χ4n) is 2.13. The van der Waals surface area contributed by atoms with Gasteiger partial charge in [0.05, 0.1) is 4.90 Å². The van der Waals surface area contributed by atoms with Crippen LogP contribution >= 0.6 is 11.3 Å². The Balaban J connectivity index is 1.84. The van der Waals surface area contributed by atoms with Crippen LogP contribution in [0.25, 0.3) is 0 Å². The summed E-state index contributed by atoms with van der Waals surface area (Å²) in [5.41, 5.74) is 1.80. The van der Waals surface area contributed by atoms with Gasteiger partial charge in [-0.15, -0.1) is 11.3 Å². The van der Waals surface area contributed by atoms with Crippen LogP contribution in [0.4, 0.5) is 5.13 Å². The summed E-state index contributed by atoms with van der Waals surface area (Å²) in [6.07, 6.45) is 4.00. The van der Waals surface area contributed by atoms with Crippen molar-refractivity contribution in [3.05, 3.63) is 40.9 Å². The maximum Gasteiger partial charge on any atom is 0.263 e. The summed E-state index contributed by atoms with van der Waals surface area (Å²) in [7, 11) is -3.59. The van der Waals surface area contributed by atoms with Crippen LogP contribution in [0.15, 0.2) is 34.7 Å². The van der Waals surface area contributed by atoms with Gasteiger partial charge in [0.15, 0.2) is 5.13 Å². The van der Waals surface area contributed by atoms with Gasteiger partial charge in [-0.1, -0.05) is 12.1 Å². The Kier molecular flexibility index (Phi) is 3.97. The molecule has 1 fully saturated rings. The maximum atomic E-state index is 12.5. The summed E-state index contributed by atoms with van der Waals surface area (Å²) in [4.78, 5) is 4.28. The summed E-state index contributed by atoms with van der Waals surface area (Å²) >= 11 is 1.26. The minimum Gasteiger partial charge on any atom is -0.310 e. The van der Waals surface area contributed by atoms with Crippen LogP contribution < -0.4 is 10.0 Å². The van der Waals surface area contributed by atoms with Crippen molar-refractivity contribution in [2.24, 2.45) is 0 Å². The standard InChI is InChI=1S/C14H17N3O2S2/c1-10-11(9-16-12-5-6-12)3-2-4-13(10)21(18,19)17-14-15-7-8-20-14/h2-4,7-8,12,16H,5-6,9H2,1H3,(H,15,17). The Labute approximate surface area is 128 Å². The van der Waals surface area contributed by atoms with Crippen molar-refractivity contribution < 1.29 is 8.42 Å². The zero-order chi connectivity index (χ0) is 14.9. The highest BCUT2D eigenvalue weighted by molar-refractivity contribution is 7.93. The van der Waals surface area contributed by atoms with Crippen molar-refractivity contribution in [3.8, 4) is 0 Å². The van der Waals surface area contributed by atoms with E-state index in [1.54, 1.807) is 23.7 Å². The number of sulfonamides is 1. The first-order chi connectivity index (χ1) is 10.1. The number of thiazole rings is 1. The molecule has 1 aromatic heterocycles. The van der Waals surface area contributed by atoms with Crippen molar-refractivity contribution in [3.63, 3.8) is 0 Å². The van der Waals surface area contributed by atoms with Crippen LogP contribution in [0.2, 0.25) is 0 Å². The molecule has 0 saturated heterocycles. The number of aromatic nitrogens is 1. The summed E-state index contributed by atoms with van der Waals surface area (Å²) in [5.74, 6) is 0. The molecule has 5 nitrogen and oxygen atoms in total. The number of hydrogen-bond acceptors (Lipinski definition) is 5. The fraction of sp³-hybridized carbons (Fsp3) is 0.357. The van der Waals surface area contributed by atoms with E-state index in [-0.39, 0.29) is 0 Å². The highest BCUT2D eigenvalue weighted by Gasteiger charge is 2.22. The van der Waals surface area contributed by atoms with Gasteiger partial charge in [-0.05, 0) is 37.0 Å². The molecule has 2 N–H and O–H groups in total. The van der Waals surface area contributed by atoms with Gasteiger partial charge in [0.2, 0.25) is 0 Å². The number of nitrogens with zero attached hydrogens (tertiary/aromatic N) is 1. The first kappa shape index (κ1) is 14.5. The molecule has 0 aliphatic heterocycles. The molecular formula is C14H17N3O2S2. The third kappa shape index (κ3) is 3.42. The van der Waals surface area contributed by atoms with Gasteiger partial charge in [0.25, 0.3) is 10.0 Å². The molecule has 1 aliphatic carbocycles. The zero-order valence-electron chi connectivity index (χ0n) is 11.7. The minimum atomic E-state index is -3.59. The molecule has 3 rings (SSSR count). The van der Waals surface area contributed by atoms with Gasteiger partial charge in [0.1, 0.15) is 0 Å². The smallest absolute Gasteiger partial charge is 0.263 e. The molecule has 1 heterocycles. The van der Waals surface area contributed by atoms with E-state index in [0.717, 1.165) is 11.1 Å². The Morgan fingerprint density at radius 2 is 2.19 bits per heavy atom. The maximum absolute atomic E-state index is 12.5. The van der Waals surface area contributed by atoms with Crippen LogP contribution in [0.5, 0.6) is 0 Å². The van der Waals surface area contributed by atoms with Gasteiger partial charge in [-0.3, -0.25) is 4.72 Å². The predicted octanol–water partition coefficient (Wildman–Crippen LogP) is 2.50. The molecule has 0 unspecified atom stereocenters. The average Bonchev–Trinajstić information content (AvgIpc) is 3.14. The largest absolute Gasteiger partial charge is 0.310 e. The lowest BCUT2D eigenvalue weighted by Crippen LogP contribution is -2.18. The first-order valence-electron chi connectivity index (χ1n) is 6.80. The quantitative estimate of drug-likeness (QED) is 0.857. The summed E-state index contributed by atoms with van der Waals surface area (Å²) in [5, 5.41) is 5.53. The highest BCUT2D eigenvalue weighted by Crippen LogP contribution is 2.24. The molecule has 1 saturated carbocycles. The van der Waals surface area contributed by atoms with Gasteiger partial charge in [-0.2, -0.15) is 0 Å². The van der Waals surface area contributed by atoms with E-state index in [1.807, 2.05) is 13.0 Å². The van der Waals surface area contributed by atoms with Gasteiger partial charge in [0, 0.05) is 24.2 Å². The molecule has 21 heavy (non-hydrogen) atoms. The molecular weight excluding hydrogens is 306 g/mol. The van der Waals surface area contributed by atoms with Gasteiger partial charge in [-0.25, -0.2) is 13.4 Å². The molecule has 1 aliphatic rings. The van der Waals surface area contributed by atoms with Crippen LogP contribution in [0, 0.1) is 6.92 Å². The molecule has 0 atom stereocenters. The van der Waals surface area contributed by atoms with Gasteiger partial charge >= 0.3 is 0 Å². The van der Waals surface area contributed by atoms with Crippen molar-refractivity contribution >= 4 is 26.5 Å². The number of nitrogens with one attached hydrogen (secondary N) is 2. The van der Waals surface area contributed by atoms with E-state index in [0.29, 0.717) is 22.6 Å². The summed E-state index contributed by atoms with van der Waals surface area (Å²) in [6.45, 7) is 2.55. The molecule has 7 heteroatoms. The minimum absolute atomic E-state index is 0.313. The second-order valence-electron chi connectivity index (χ2n) is 5.14. The van der Waals surface area contributed by atoms with Crippen molar-refractivity contribution in [1.82, 2.24) is 10.3 Å². The number of rotatable bonds is 6. The normalized spacial score (nSPS) is 15.1. The molecule has 0 bridgehead atoms. The summed E-state index contributed by atoms with van der Waals surface area (Å²) in [6, 6.07) is 5.98. The lowest BCUT2D eigenvalue weighted by atomic mass is 10.1. The second-order valence-corrected chi connectivity index (χ2v) is 7.68. The van der Waals surface area contributed by atoms with Crippen LogP contribution in [0.1, 0.15) is 24.0 Å². The average molecular weight is 323 g/mol. The molecule has 1 aromatic carbocycles. The van der Waals surface area contributed by atoms with Crippen LogP contribution in [0.3, 0.4) is 0 Å². The lowest BCUT2D eigenvalue weighted by molar-refractivity contribution is 0.600. The van der Waals surface area contributed by atoms with E-state index >= 15 is 0 Å². The summed E-state index contributed by atoms with van der Waals surface area (Å²) < 4.78 is 27.4. The third-order valence-corrected chi connectivity index (χ3v) is 5.80.